The predicted molar refractivity (Wildman–Crippen MR) is 99.3 cm³/mol. The summed E-state index contributed by atoms with van der Waals surface area (Å²) >= 11 is 6.33. The molecule has 24 heavy (non-hydrogen) atoms. The van der Waals surface area contributed by atoms with E-state index in [4.69, 9.17) is 11.6 Å². The second kappa shape index (κ2) is 5.99. The van der Waals surface area contributed by atoms with E-state index < -0.39 is 0 Å². The highest BCUT2D eigenvalue weighted by atomic mass is 35.5. The van der Waals surface area contributed by atoms with Crippen molar-refractivity contribution in [3.05, 3.63) is 84.0 Å². The number of phenols is 1. The molecule has 116 valence electrons. The van der Waals surface area contributed by atoms with Crippen LogP contribution in [0.5, 0.6) is 5.75 Å². The van der Waals surface area contributed by atoms with Gasteiger partial charge >= 0.3 is 0 Å². The molecule has 0 saturated carbocycles. The van der Waals surface area contributed by atoms with Crippen molar-refractivity contribution in [2.45, 2.75) is 0 Å². The second-order valence-corrected chi connectivity index (χ2v) is 6.01. The van der Waals surface area contributed by atoms with Crippen molar-refractivity contribution < 1.29 is 5.11 Å². The molecule has 1 N–H and O–H groups in total. The van der Waals surface area contributed by atoms with Crippen molar-refractivity contribution in [3.8, 4) is 28.0 Å². The van der Waals surface area contributed by atoms with Crippen LogP contribution in [0.15, 0.2) is 79.0 Å². The van der Waals surface area contributed by atoms with E-state index in [9.17, 15) is 5.11 Å². The number of benzene rings is 3. The molecule has 0 saturated heterocycles. The SMILES string of the molecule is Oc1cccc(-c2c(-c3ccccc3)cnc3c(Cl)cccc23)c1. The average molecular weight is 332 g/mol. The van der Waals surface area contributed by atoms with Crippen molar-refractivity contribution in [1.29, 1.82) is 0 Å². The molecule has 2 nitrogen and oxygen atoms in total. The molecule has 0 bridgehead atoms. The van der Waals surface area contributed by atoms with Crippen LogP contribution in [0.1, 0.15) is 0 Å². The van der Waals surface area contributed by atoms with Gasteiger partial charge in [0.15, 0.2) is 0 Å². The number of aromatic nitrogens is 1. The minimum absolute atomic E-state index is 0.235. The molecule has 3 heteroatoms. The lowest BCUT2D eigenvalue weighted by molar-refractivity contribution is 0.475. The Balaban J connectivity index is 2.12. The van der Waals surface area contributed by atoms with Gasteiger partial charge in [-0.25, -0.2) is 0 Å². The molecule has 0 amide bonds. The lowest BCUT2D eigenvalue weighted by atomic mass is 9.92. The quantitative estimate of drug-likeness (QED) is 0.494. The smallest absolute Gasteiger partial charge is 0.116 e. The topological polar surface area (TPSA) is 33.1 Å². The monoisotopic (exact) mass is 331 g/mol. The van der Waals surface area contributed by atoms with E-state index in [1.54, 1.807) is 12.1 Å². The van der Waals surface area contributed by atoms with E-state index in [1.807, 2.05) is 54.7 Å². The third kappa shape index (κ3) is 2.51. The molecular weight excluding hydrogens is 318 g/mol. The first-order valence-corrected chi connectivity index (χ1v) is 8.04. The Morgan fingerprint density at radius 1 is 0.792 bits per heavy atom. The number of hydrogen-bond donors (Lipinski definition) is 1. The van der Waals surface area contributed by atoms with Crippen LogP contribution in [0.25, 0.3) is 33.2 Å². The number of phenolic OH excluding ortho intramolecular Hbond substituents is 1. The van der Waals surface area contributed by atoms with E-state index in [-0.39, 0.29) is 5.75 Å². The number of aromatic hydroxyl groups is 1. The van der Waals surface area contributed by atoms with Gasteiger partial charge in [0.1, 0.15) is 5.75 Å². The third-order valence-electron chi connectivity index (χ3n) is 4.07. The Morgan fingerprint density at radius 2 is 1.54 bits per heavy atom. The van der Waals surface area contributed by atoms with Crippen molar-refractivity contribution in [3.63, 3.8) is 0 Å². The number of halogens is 1. The zero-order valence-corrected chi connectivity index (χ0v) is 13.5. The Kier molecular flexibility index (Phi) is 3.68. The van der Waals surface area contributed by atoms with Gasteiger partial charge in [-0.15, -0.1) is 0 Å². The fourth-order valence-electron chi connectivity index (χ4n) is 3.00. The highest BCUT2D eigenvalue weighted by molar-refractivity contribution is 6.35. The molecular formula is C21H14ClNO. The highest BCUT2D eigenvalue weighted by Crippen LogP contribution is 2.39. The first-order valence-electron chi connectivity index (χ1n) is 7.66. The van der Waals surface area contributed by atoms with Gasteiger partial charge in [0.05, 0.1) is 10.5 Å². The minimum atomic E-state index is 0.235. The third-order valence-corrected chi connectivity index (χ3v) is 4.37. The average Bonchev–Trinajstić information content (AvgIpc) is 2.62. The normalized spacial score (nSPS) is 10.9. The summed E-state index contributed by atoms with van der Waals surface area (Å²) in [6.45, 7) is 0. The van der Waals surface area contributed by atoms with Crippen molar-refractivity contribution in [2.75, 3.05) is 0 Å². The fraction of sp³-hybridized carbons (Fsp3) is 0. The van der Waals surface area contributed by atoms with Crippen LogP contribution in [0.3, 0.4) is 0 Å². The van der Waals surface area contributed by atoms with Gasteiger partial charge in [0, 0.05) is 22.7 Å². The summed E-state index contributed by atoms with van der Waals surface area (Å²) in [4.78, 5) is 4.57. The Hall–Kier alpha value is -2.84. The maximum absolute atomic E-state index is 9.92. The molecule has 0 aliphatic rings. The van der Waals surface area contributed by atoms with Gasteiger partial charge in [0.25, 0.3) is 0 Å². The molecule has 0 atom stereocenters. The maximum Gasteiger partial charge on any atom is 0.116 e. The number of para-hydroxylation sites is 1. The lowest BCUT2D eigenvalue weighted by Crippen LogP contribution is -1.91. The first-order chi connectivity index (χ1) is 11.7. The first kappa shape index (κ1) is 14.7. The van der Waals surface area contributed by atoms with Crippen molar-refractivity contribution >= 4 is 22.5 Å². The molecule has 1 heterocycles. The van der Waals surface area contributed by atoms with E-state index >= 15 is 0 Å². The predicted octanol–water partition coefficient (Wildman–Crippen LogP) is 5.93. The second-order valence-electron chi connectivity index (χ2n) is 5.60. The van der Waals surface area contributed by atoms with Crippen LogP contribution in [0, 0.1) is 0 Å². The standard InChI is InChI=1S/C21H14ClNO/c22-19-11-5-10-17-20(15-8-4-9-16(24)12-15)18(13-23-21(17)19)14-6-2-1-3-7-14/h1-13,24H. The maximum atomic E-state index is 9.92. The summed E-state index contributed by atoms with van der Waals surface area (Å²) in [6.07, 6.45) is 1.85. The zero-order valence-electron chi connectivity index (χ0n) is 12.8. The molecule has 1 aromatic heterocycles. The Labute approximate surface area is 145 Å². The van der Waals surface area contributed by atoms with Crippen molar-refractivity contribution in [2.24, 2.45) is 0 Å². The van der Waals surface area contributed by atoms with E-state index in [0.717, 1.165) is 33.2 Å². The number of rotatable bonds is 2. The molecule has 0 aliphatic heterocycles. The summed E-state index contributed by atoms with van der Waals surface area (Å²) in [5.41, 5.74) is 4.80. The molecule has 3 aromatic carbocycles. The minimum Gasteiger partial charge on any atom is -0.508 e. The number of fused-ring (bicyclic) bond motifs is 1. The van der Waals surface area contributed by atoms with E-state index in [0.29, 0.717) is 5.02 Å². The summed E-state index contributed by atoms with van der Waals surface area (Å²) in [7, 11) is 0. The molecule has 0 unspecified atom stereocenters. The van der Waals surface area contributed by atoms with Gasteiger partial charge in [-0.3, -0.25) is 4.98 Å². The van der Waals surface area contributed by atoms with Crippen LogP contribution in [0.2, 0.25) is 5.02 Å². The van der Waals surface area contributed by atoms with Crippen LogP contribution >= 0.6 is 11.6 Å². The fourth-order valence-corrected chi connectivity index (χ4v) is 3.22. The summed E-state index contributed by atoms with van der Waals surface area (Å²) in [5.74, 6) is 0.235. The lowest BCUT2D eigenvalue weighted by Gasteiger charge is -2.14. The van der Waals surface area contributed by atoms with Gasteiger partial charge in [0.2, 0.25) is 0 Å². The van der Waals surface area contributed by atoms with Gasteiger partial charge in [-0.1, -0.05) is 66.2 Å². The molecule has 4 aromatic rings. The van der Waals surface area contributed by atoms with E-state index in [1.165, 1.54) is 0 Å². The van der Waals surface area contributed by atoms with Crippen LogP contribution in [-0.4, -0.2) is 10.1 Å². The molecule has 0 radical (unpaired) electrons. The summed E-state index contributed by atoms with van der Waals surface area (Å²) in [5, 5.41) is 11.5. The largest absolute Gasteiger partial charge is 0.508 e. The van der Waals surface area contributed by atoms with E-state index in [2.05, 4.69) is 17.1 Å². The Bertz CT molecular complexity index is 1030. The van der Waals surface area contributed by atoms with Crippen LogP contribution in [0.4, 0.5) is 0 Å². The van der Waals surface area contributed by atoms with Gasteiger partial charge in [-0.05, 0) is 29.3 Å². The Morgan fingerprint density at radius 3 is 2.33 bits per heavy atom. The zero-order chi connectivity index (χ0) is 16.5. The highest BCUT2D eigenvalue weighted by Gasteiger charge is 2.14. The number of pyridine rings is 1. The molecule has 0 spiro atoms. The molecule has 4 rings (SSSR count). The summed E-state index contributed by atoms with van der Waals surface area (Å²) < 4.78 is 0. The van der Waals surface area contributed by atoms with Crippen molar-refractivity contribution in [1.82, 2.24) is 4.98 Å². The molecule has 0 aliphatic carbocycles. The van der Waals surface area contributed by atoms with Gasteiger partial charge in [-0.2, -0.15) is 0 Å². The summed E-state index contributed by atoms with van der Waals surface area (Å²) in [6, 6.07) is 23.1. The molecule has 0 fully saturated rings. The van der Waals surface area contributed by atoms with Crippen LogP contribution in [-0.2, 0) is 0 Å². The number of hydrogen-bond acceptors (Lipinski definition) is 2. The van der Waals surface area contributed by atoms with Crippen LogP contribution < -0.4 is 0 Å². The number of nitrogens with zero attached hydrogens (tertiary/aromatic N) is 1. The van der Waals surface area contributed by atoms with Gasteiger partial charge < -0.3 is 5.11 Å².